The molecule has 0 spiro atoms. The van der Waals surface area contributed by atoms with E-state index in [1.165, 1.54) is 12.1 Å². The van der Waals surface area contributed by atoms with E-state index in [0.717, 1.165) is 42.9 Å². The van der Waals surface area contributed by atoms with Crippen LogP contribution in [-0.2, 0) is 11.0 Å². The fourth-order valence-electron chi connectivity index (χ4n) is 3.49. The molecule has 1 fully saturated rings. The van der Waals surface area contributed by atoms with E-state index in [1.54, 1.807) is 12.1 Å². The second-order valence-electron chi connectivity index (χ2n) is 6.99. The molecule has 1 aliphatic heterocycles. The highest BCUT2D eigenvalue weighted by molar-refractivity contribution is 5.90. The topological polar surface area (TPSA) is 59.0 Å². The van der Waals surface area contributed by atoms with E-state index in [1.807, 2.05) is 0 Å². The van der Waals surface area contributed by atoms with Crippen LogP contribution in [0.15, 0.2) is 36.5 Å². The molecule has 1 aromatic heterocycles. The summed E-state index contributed by atoms with van der Waals surface area (Å²) in [4.78, 5) is 12.3. The van der Waals surface area contributed by atoms with Crippen LogP contribution in [0.4, 0.5) is 18.9 Å². The third kappa shape index (κ3) is 4.88. The number of nitrogens with one attached hydrogen (secondary N) is 2. The Balaban J connectivity index is 1.61. The molecule has 1 aliphatic rings. The highest BCUT2D eigenvalue weighted by Gasteiger charge is 2.35. The molecule has 2 N–H and O–H groups in total. The number of nitrogens with zero attached hydrogens (tertiary/aromatic N) is 2. The molecule has 1 aromatic carbocycles. The van der Waals surface area contributed by atoms with E-state index in [0.29, 0.717) is 23.9 Å². The van der Waals surface area contributed by atoms with Gasteiger partial charge in [0.1, 0.15) is 5.69 Å². The van der Waals surface area contributed by atoms with Gasteiger partial charge in [-0.05, 0) is 68.1 Å². The quantitative estimate of drug-likeness (QED) is 0.828. The molecule has 1 amide bonds. The van der Waals surface area contributed by atoms with Crippen LogP contribution in [0.25, 0.3) is 5.69 Å². The zero-order valence-electron chi connectivity index (χ0n) is 15.1. The molecule has 1 atom stereocenters. The minimum absolute atomic E-state index is 0.0798. The van der Waals surface area contributed by atoms with E-state index >= 15 is 0 Å². The highest BCUT2D eigenvalue weighted by atomic mass is 19.4. The Kier molecular flexibility index (Phi) is 5.84. The Hall–Kier alpha value is -2.35. The Labute approximate surface area is 155 Å². The molecule has 3 rings (SSSR count). The molecule has 0 bridgehead atoms. The molecule has 5 nitrogen and oxygen atoms in total. The number of alkyl halides is 3. The number of carbonyl (C=O) groups is 1. The van der Waals surface area contributed by atoms with Gasteiger partial charge in [-0.3, -0.25) is 4.79 Å². The minimum atomic E-state index is -4.48. The Morgan fingerprint density at radius 2 is 1.93 bits per heavy atom. The Morgan fingerprint density at radius 3 is 2.56 bits per heavy atom. The average Bonchev–Trinajstić information content (AvgIpc) is 3.13. The first-order valence-corrected chi connectivity index (χ1v) is 9.07. The van der Waals surface area contributed by atoms with Crippen molar-refractivity contribution in [3.05, 3.63) is 42.2 Å². The van der Waals surface area contributed by atoms with Crippen molar-refractivity contribution in [1.82, 2.24) is 15.1 Å². The van der Waals surface area contributed by atoms with Gasteiger partial charge in [0.25, 0.3) is 0 Å². The van der Waals surface area contributed by atoms with Gasteiger partial charge in [-0.25, -0.2) is 4.68 Å². The molecule has 0 saturated carbocycles. The number of carbonyl (C=O) groups excluding carboxylic acids is 1. The summed E-state index contributed by atoms with van der Waals surface area (Å²) in [6.07, 6.45) is -0.776. The summed E-state index contributed by atoms with van der Waals surface area (Å²) in [5.74, 6) is 0.758. The van der Waals surface area contributed by atoms with Crippen molar-refractivity contribution in [3.63, 3.8) is 0 Å². The number of aromatic nitrogens is 2. The maximum absolute atomic E-state index is 13.0. The molecule has 2 aromatic rings. The third-order valence-electron chi connectivity index (χ3n) is 5.02. The molecular weight excluding hydrogens is 357 g/mol. The summed E-state index contributed by atoms with van der Waals surface area (Å²) >= 11 is 0. The van der Waals surface area contributed by atoms with Gasteiger partial charge in [-0.1, -0.05) is 6.92 Å². The second-order valence-corrected chi connectivity index (χ2v) is 6.99. The predicted octanol–water partition coefficient (Wildman–Crippen LogP) is 3.86. The SMILES string of the molecule is CC(CC(=O)Nc1ccc(-n2nccc2C(F)(F)F)cc1)C1CCNCC1. The van der Waals surface area contributed by atoms with Crippen molar-refractivity contribution in [2.45, 2.75) is 32.4 Å². The average molecular weight is 380 g/mol. The van der Waals surface area contributed by atoms with E-state index in [4.69, 9.17) is 0 Å². The molecule has 0 radical (unpaired) electrons. The molecule has 27 heavy (non-hydrogen) atoms. The van der Waals surface area contributed by atoms with Gasteiger partial charge < -0.3 is 10.6 Å². The van der Waals surface area contributed by atoms with Crippen molar-refractivity contribution in [1.29, 1.82) is 0 Å². The standard InChI is InChI=1S/C19H23F3N4O/c1-13(14-6-9-23-10-7-14)12-18(27)25-15-2-4-16(5-3-15)26-17(8-11-24-26)19(20,21)22/h2-5,8,11,13-14,23H,6-7,9-10,12H2,1H3,(H,25,27). The molecule has 2 heterocycles. The first-order valence-electron chi connectivity index (χ1n) is 9.07. The Bertz CT molecular complexity index is 764. The zero-order chi connectivity index (χ0) is 19.4. The first kappa shape index (κ1) is 19.4. The normalized spacial score (nSPS) is 16.9. The lowest BCUT2D eigenvalue weighted by Gasteiger charge is -2.27. The van der Waals surface area contributed by atoms with Crippen molar-refractivity contribution in [2.24, 2.45) is 11.8 Å². The number of hydrogen-bond donors (Lipinski definition) is 2. The number of piperidine rings is 1. The van der Waals surface area contributed by atoms with E-state index in [9.17, 15) is 18.0 Å². The molecular formula is C19H23F3N4O. The summed E-state index contributed by atoms with van der Waals surface area (Å²) in [5, 5.41) is 9.88. The second kappa shape index (κ2) is 8.12. The molecule has 146 valence electrons. The minimum Gasteiger partial charge on any atom is -0.326 e. The van der Waals surface area contributed by atoms with Gasteiger partial charge in [0.15, 0.2) is 0 Å². The lowest BCUT2D eigenvalue weighted by atomic mass is 9.84. The van der Waals surface area contributed by atoms with Crippen molar-refractivity contribution >= 4 is 11.6 Å². The summed E-state index contributed by atoms with van der Waals surface area (Å²) in [6.45, 7) is 4.08. The van der Waals surface area contributed by atoms with Crippen LogP contribution in [0.5, 0.6) is 0 Å². The van der Waals surface area contributed by atoms with Gasteiger partial charge >= 0.3 is 6.18 Å². The summed E-state index contributed by atoms with van der Waals surface area (Å²) in [6, 6.07) is 7.12. The number of halogens is 3. The van der Waals surface area contributed by atoms with Crippen molar-refractivity contribution in [3.8, 4) is 5.69 Å². The van der Waals surface area contributed by atoms with E-state index in [-0.39, 0.29) is 11.6 Å². The number of hydrogen-bond acceptors (Lipinski definition) is 3. The van der Waals surface area contributed by atoms with Gasteiger partial charge in [-0.15, -0.1) is 0 Å². The number of anilines is 1. The predicted molar refractivity (Wildman–Crippen MR) is 96.6 cm³/mol. The van der Waals surface area contributed by atoms with Crippen molar-refractivity contribution < 1.29 is 18.0 Å². The van der Waals surface area contributed by atoms with Crippen LogP contribution in [-0.4, -0.2) is 28.8 Å². The van der Waals surface area contributed by atoms with Gasteiger partial charge in [-0.2, -0.15) is 18.3 Å². The van der Waals surface area contributed by atoms with Crippen LogP contribution in [0.1, 0.15) is 31.9 Å². The van der Waals surface area contributed by atoms with Crippen LogP contribution in [0, 0.1) is 11.8 Å². The summed E-state index contributed by atoms with van der Waals surface area (Å²) in [7, 11) is 0. The fourth-order valence-corrected chi connectivity index (χ4v) is 3.49. The monoisotopic (exact) mass is 380 g/mol. The van der Waals surface area contributed by atoms with Crippen LogP contribution >= 0.6 is 0 Å². The smallest absolute Gasteiger partial charge is 0.326 e. The lowest BCUT2D eigenvalue weighted by Crippen LogP contribution is -2.32. The number of amides is 1. The van der Waals surface area contributed by atoms with Crippen LogP contribution in [0.3, 0.4) is 0 Å². The maximum atomic E-state index is 13.0. The first-order chi connectivity index (χ1) is 12.8. The van der Waals surface area contributed by atoms with Crippen LogP contribution < -0.4 is 10.6 Å². The molecule has 1 saturated heterocycles. The van der Waals surface area contributed by atoms with E-state index < -0.39 is 11.9 Å². The molecule has 0 aliphatic carbocycles. The number of benzene rings is 1. The zero-order valence-corrected chi connectivity index (χ0v) is 15.1. The van der Waals surface area contributed by atoms with Gasteiger partial charge in [0.2, 0.25) is 5.91 Å². The number of rotatable bonds is 5. The maximum Gasteiger partial charge on any atom is 0.433 e. The highest BCUT2D eigenvalue weighted by Crippen LogP contribution is 2.30. The third-order valence-corrected chi connectivity index (χ3v) is 5.02. The van der Waals surface area contributed by atoms with Crippen LogP contribution in [0.2, 0.25) is 0 Å². The van der Waals surface area contributed by atoms with Gasteiger partial charge in [0, 0.05) is 12.1 Å². The fraction of sp³-hybridized carbons (Fsp3) is 0.474. The lowest BCUT2D eigenvalue weighted by molar-refractivity contribution is -0.142. The molecule has 1 unspecified atom stereocenters. The largest absolute Gasteiger partial charge is 0.433 e. The molecule has 8 heteroatoms. The van der Waals surface area contributed by atoms with E-state index in [2.05, 4.69) is 22.7 Å². The van der Waals surface area contributed by atoms with Crippen molar-refractivity contribution in [2.75, 3.05) is 18.4 Å². The summed E-state index contributed by atoms with van der Waals surface area (Å²) in [5.41, 5.74) is 0.00505. The Morgan fingerprint density at radius 1 is 1.26 bits per heavy atom. The summed E-state index contributed by atoms with van der Waals surface area (Å²) < 4.78 is 39.8. The van der Waals surface area contributed by atoms with Gasteiger partial charge in [0.05, 0.1) is 11.9 Å².